The highest BCUT2D eigenvalue weighted by molar-refractivity contribution is 5.87. The van der Waals surface area contributed by atoms with E-state index in [0.29, 0.717) is 0 Å². The fourth-order valence-corrected chi connectivity index (χ4v) is 2.05. The Hall–Kier alpha value is -1.84. The number of benzene rings is 1. The van der Waals surface area contributed by atoms with Crippen molar-refractivity contribution < 1.29 is 9.90 Å². The van der Waals surface area contributed by atoms with Crippen molar-refractivity contribution in [2.75, 3.05) is 0 Å². The summed E-state index contributed by atoms with van der Waals surface area (Å²) in [5, 5.41) is 14.3. The second kappa shape index (κ2) is 3.96. The minimum absolute atomic E-state index is 0.0253. The molecule has 0 amide bonds. The van der Waals surface area contributed by atoms with Gasteiger partial charge < -0.3 is 5.11 Å². The number of rotatable bonds is 3. The van der Waals surface area contributed by atoms with Gasteiger partial charge in [-0.05, 0) is 12.0 Å². The normalized spacial score (nSPS) is 10.9. The fraction of sp³-hybridized carbons (Fsp3) is 0.333. The van der Waals surface area contributed by atoms with Gasteiger partial charge in [0.1, 0.15) is 0 Å². The van der Waals surface area contributed by atoms with E-state index in [4.69, 9.17) is 5.11 Å². The zero-order chi connectivity index (χ0) is 11.7. The number of hydrogen-bond donors (Lipinski definition) is 1. The highest BCUT2D eigenvalue weighted by Crippen LogP contribution is 2.22. The second-order valence-corrected chi connectivity index (χ2v) is 3.81. The molecule has 16 heavy (non-hydrogen) atoms. The van der Waals surface area contributed by atoms with Gasteiger partial charge in [-0.15, -0.1) is 0 Å². The number of aliphatic carboxylic acids is 1. The van der Waals surface area contributed by atoms with Gasteiger partial charge in [0, 0.05) is 18.1 Å². The molecule has 0 aliphatic heterocycles. The molecule has 0 atom stereocenters. The lowest BCUT2D eigenvalue weighted by Gasteiger charge is -1.98. The van der Waals surface area contributed by atoms with E-state index in [2.05, 4.69) is 12.0 Å². The zero-order valence-electron chi connectivity index (χ0n) is 9.40. The van der Waals surface area contributed by atoms with Crippen molar-refractivity contribution in [1.82, 2.24) is 9.78 Å². The summed E-state index contributed by atoms with van der Waals surface area (Å²) < 4.78 is 1.83. The molecule has 0 unspecified atom stereocenters. The van der Waals surface area contributed by atoms with Gasteiger partial charge in [0.15, 0.2) is 0 Å². The van der Waals surface area contributed by atoms with Crippen molar-refractivity contribution in [2.24, 2.45) is 7.05 Å². The van der Waals surface area contributed by atoms with Crippen molar-refractivity contribution in [3.63, 3.8) is 0 Å². The third-order valence-corrected chi connectivity index (χ3v) is 2.75. The molecule has 2 rings (SSSR count). The van der Waals surface area contributed by atoms with Crippen LogP contribution in [0.1, 0.15) is 18.2 Å². The number of hydrogen-bond acceptors (Lipinski definition) is 2. The van der Waals surface area contributed by atoms with Crippen molar-refractivity contribution in [3.05, 3.63) is 29.5 Å². The lowest BCUT2D eigenvalue weighted by atomic mass is 10.1. The van der Waals surface area contributed by atoms with Crippen molar-refractivity contribution in [1.29, 1.82) is 0 Å². The number of carboxylic acids is 1. The first-order valence-corrected chi connectivity index (χ1v) is 5.28. The van der Waals surface area contributed by atoms with E-state index in [9.17, 15) is 4.79 Å². The van der Waals surface area contributed by atoms with Crippen LogP contribution < -0.4 is 0 Å². The number of carboxylic acid groups (broad SMARTS) is 1. The van der Waals surface area contributed by atoms with Crippen LogP contribution in [0.2, 0.25) is 0 Å². The van der Waals surface area contributed by atoms with Crippen LogP contribution in [0.3, 0.4) is 0 Å². The van der Waals surface area contributed by atoms with E-state index < -0.39 is 5.97 Å². The molecule has 2 aromatic rings. The van der Waals surface area contributed by atoms with Gasteiger partial charge in [0.2, 0.25) is 0 Å². The predicted molar refractivity (Wildman–Crippen MR) is 61.4 cm³/mol. The van der Waals surface area contributed by atoms with Crippen LogP contribution in [0.4, 0.5) is 0 Å². The Morgan fingerprint density at radius 2 is 2.25 bits per heavy atom. The van der Waals surface area contributed by atoms with Crippen LogP contribution in [0.15, 0.2) is 18.2 Å². The predicted octanol–water partition coefficient (Wildman–Crippen LogP) is 1.76. The van der Waals surface area contributed by atoms with Gasteiger partial charge in [0.05, 0.1) is 11.9 Å². The van der Waals surface area contributed by atoms with Crippen molar-refractivity contribution >= 4 is 16.9 Å². The maximum absolute atomic E-state index is 10.7. The van der Waals surface area contributed by atoms with Gasteiger partial charge in [0.25, 0.3) is 0 Å². The van der Waals surface area contributed by atoms with E-state index in [-0.39, 0.29) is 6.42 Å². The molecule has 0 aliphatic rings. The highest BCUT2D eigenvalue weighted by atomic mass is 16.4. The molecule has 0 radical (unpaired) electrons. The first kappa shape index (κ1) is 10.7. The number of nitrogens with zero attached hydrogens (tertiary/aromatic N) is 2. The molecular weight excluding hydrogens is 204 g/mol. The minimum atomic E-state index is -0.823. The molecule has 4 nitrogen and oxygen atoms in total. The zero-order valence-corrected chi connectivity index (χ0v) is 9.40. The largest absolute Gasteiger partial charge is 0.481 e. The molecule has 0 saturated carbocycles. The summed E-state index contributed by atoms with van der Waals surface area (Å²) in [6, 6.07) is 5.71. The van der Waals surface area contributed by atoms with E-state index >= 15 is 0 Å². The summed E-state index contributed by atoms with van der Waals surface area (Å²) in [6.07, 6.45) is 0.918. The average Bonchev–Trinajstić information content (AvgIpc) is 2.54. The van der Waals surface area contributed by atoms with Crippen molar-refractivity contribution in [3.8, 4) is 0 Å². The Kier molecular flexibility index (Phi) is 2.64. The number of aromatic nitrogens is 2. The van der Waals surface area contributed by atoms with Gasteiger partial charge in [-0.1, -0.05) is 25.1 Å². The monoisotopic (exact) mass is 218 g/mol. The molecule has 0 aliphatic carbocycles. The molecule has 0 saturated heterocycles. The van der Waals surface area contributed by atoms with Gasteiger partial charge >= 0.3 is 5.97 Å². The molecule has 1 N–H and O–H groups in total. The fourth-order valence-electron chi connectivity index (χ4n) is 2.05. The second-order valence-electron chi connectivity index (χ2n) is 3.81. The van der Waals surface area contributed by atoms with Crippen LogP contribution in [0, 0.1) is 0 Å². The lowest BCUT2D eigenvalue weighted by Crippen LogP contribution is -2.00. The SMILES string of the molecule is CCc1c2cccc(CC(=O)O)c2nn1C. The Balaban J connectivity index is 2.64. The molecule has 1 aromatic carbocycles. The minimum Gasteiger partial charge on any atom is -0.481 e. The lowest BCUT2D eigenvalue weighted by molar-refractivity contribution is -0.136. The quantitative estimate of drug-likeness (QED) is 0.854. The van der Waals surface area contributed by atoms with Crippen LogP contribution >= 0.6 is 0 Å². The summed E-state index contributed by atoms with van der Waals surface area (Å²) in [4.78, 5) is 10.7. The van der Waals surface area contributed by atoms with Crippen molar-refractivity contribution in [2.45, 2.75) is 19.8 Å². The number of fused-ring (bicyclic) bond motifs is 1. The highest BCUT2D eigenvalue weighted by Gasteiger charge is 2.12. The molecule has 0 bridgehead atoms. The summed E-state index contributed by atoms with van der Waals surface area (Å²) >= 11 is 0. The number of carbonyl (C=O) groups is 1. The van der Waals surface area contributed by atoms with E-state index in [1.807, 2.05) is 29.9 Å². The maximum atomic E-state index is 10.7. The Morgan fingerprint density at radius 3 is 2.88 bits per heavy atom. The summed E-state index contributed by atoms with van der Waals surface area (Å²) in [5.74, 6) is -0.823. The Morgan fingerprint density at radius 1 is 1.50 bits per heavy atom. The average molecular weight is 218 g/mol. The van der Waals surface area contributed by atoms with Gasteiger partial charge in [-0.2, -0.15) is 5.10 Å². The Labute approximate surface area is 93.5 Å². The van der Waals surface area contributed by atoms with E-state index in [0.717, 1.165) is 28.6 Å². The Bertz CT molecular complexity index is 543. The number of aryl methyl sites for hydroxylation is 2. The first-order valence-electron chi connectivity index (χ1n) is 5.28. The standard InChI is InChI=1S/C12H14N2O2/c1-3-10-9-6-4-5-8(7-11(15)16)12(9)13-14(10)2/h4-6H,3,7H2,1-2H3,(H,15,16). The van der Waals surface area contributed by atoms with Gasteiger partial charge in [-0.25, -0.2) is 0 Å². The van der Waals surface area contributed by atoms with E-state index in [1.165, 1.54) is 0 Å². The molecule has 4 heteroatoms. The summed E-state index contributed by atoms with van der Waals surface area (Å²) in [7, 11) is 1.89. The van der Waals surface area contributed by atoms with Crippen LogP contribution in [-0.4, -0.2) is 20.9 Å². The molecule has 1 heterocycles. The molecule has 1 aromatic heterocycles. The maximum Gasteiger partial charge on any atom is 0.307 e. The van der Waals surface area contributed by atoms with Crippen LogP contribution in [-0.2, 0) is 24.7 Å². The molecular formula is C12H14N2O2. The third-order valence-electron chi connectivity index (χ3n) is 2.75. The smallest absolute Gasteiger partial charge is 0.307 e. The first-order chi connectivity index (χ1) is 7.63. The summed E-state index contributed by atoms with van der Waals surface area (Å²) in [6.45, 7) is 2.07. The van der Waals surface area contributed by atoms with Crippen LogP contribution in [0.5, 0.6) is 0 Å². The molecule has 0 fully saturated rings. The summed E-state index contributed by atoms with van der Waals surface area (Å²) in [5.41, 5.74) is 2.73. The third kappa shape index (κ3) is 1.66. The topological polar surface area (TPSA) is 55.1 Å². The van der Waals surface area contributed by atoms with Gasteiger partial charge in [-0.3, -0.25) is 9.48 Å². The molecule has 0 spiro atoms. The van der Waals surface area contributed by atoms with E-state index in [1.54, 1.807) is 0 Å². The molecule has 84 valence electrons. The van der Waals surface area contributed by atoms with Crippen LogP contribution in [0.25, 0.3) is 10.9 Å².